The highest BCUT2D eigenvalue weighted by Gasteiger charge is 2.13. The Balaban J connectivity index is 1.55. The summed E-state index contributed by atoms with van der Waals surface area (Å²) in [5.74, 6) is 0.375. The lowest BCUT2D eigenvalue weighted by Crippen LogP contribution is -2.17. The molecule has 0 atom stereocenters. The van der Waals surface area contributed by atoms with Gasteiger partial charge in [-0.3, -0.25) is 4.79 Å². The molecule has 0 aliphatic heterocycles. The fourth-order valence-corrected chi connectivity index (χ4v) is 3.45. The second-order valence-corrected chi connectivity index (χ2v) is 7.69. The molecule has 0 spiro atoms. The number of aromatic nitrogens is 2. The third-order valence-electron chi connectivity index (χ3n) is 4.94. The van der Waals surface area contributed by atoms with Gasteiger partial charge in [-0.1, -0.05) is 84.4 Å². The Morgan fingerprint density at radius 3 is 2.19 bits per heavy atom. The van der Waals surface area contributed by atoms with Gasteiger partial charge in [0.1, 0.15) is 0 Å². The first-order valence-corrected chi connectivity index (χ1v) is 10.5. The van der Waals surface area contributed by atoms with Crippen molar-refractivity contribution in [1.29, 1.82) is 0 Å². The van der Waals surface area contributed by atoms with Crippen molar-refractivity contribution < 1.29 is 4.79 Å². The average molecular weight is 428 g/mol. The Bertz CT molecular complexity index is 1150. The molecule has 0 saturated heterocycles. The van der Waals surface area contributed by atoms with Crippen molar-refractivity contribution in [2.75, 3.05) is 5.32 Å². The molecule has 1 amide bonds. The summed E-state index contributed by atoms with van der Waals surface area (Å²) < 4.78 is 0. The molecule has 1 aromatic heterocycles. The third-order valence-corrected chi connectivity index (χ3v) is 5.20. The molecular weight excluding hydrogens is 406 g/mol. The second-order valence-electron chi connectivity index (χ2n) is 7.25. The molecule has 0 aliphatic rings. The van der Waals surface area contributed by atoms with Gasteiger partial charge in [0.05, 0.1) is 24.0 Å². The largest absolute Gasteiger partial charge is 0.309 e. The van der Waals surface area contributed by atoms with Crippen molar-refractivity contribution in [3.05, 3.63) is 113 Å². The third kappa shape index (κ3) is 5.77. The summed E-state index contributed by atoms with van der Waals surface area (Å²) >= 11 is 5.93. The van der Waals surface area contributed by atoms with E-state index >= 15 is 0 Å². The van der Waals surface area contributed by atoms with E-state index in [0.717, 1.165) is 28.9 Å². The zero-order valence-corrected chi connectivity index (χ0v) is 17.7. The molecule has 1 N–H and O–H groups in total. The number of anilines is 1. The van der Waals surface area contributed by atoms with E-state index < -0.39 is 0 Å². The van der Waals surface area contributed by atoms with E-state index in [9.17, 15) is 4.79 Å². The summed E-state index contributed by atoms with van der Waals surface area (Å²) in [6.07, 6.45) is 3.44. The number of rotatable bonds is 7. The lowest BCUT2D eigenvalue weighted by Gasteiger charge is -2.12. The lowest BCUT2D eigenvalue weighted by atomic mass is 10.1. The van der Waals surface area contributed by atoms with Gasteiger partial charge in [-0.15, -0.1) is 0 Å². The molecule has 0 aliphatic carbocycles. The summed E-state index contributed by atoms with van der Waals surface area (Å²) in [6, 6.07) is 27.4. The van der Waals surface area contributed by atoms with Gasteiger partial charge in [-0.05, 0) is 36.1 Å². The van der Waals surface area contributed by atoms with E-state index in [-0.39, 0.29) is 12.3 Å². The molecule has 4 rings (SSSR count). The quantitative estimate of drug-likeness (QED) is 0.407. The van der Waals surface area contributed by atoms with Gasteiger partial charge < -0.3 is 5.32 Å². The van der Waals surface area contributed by atoms with Gasteiger partial charge in [0.25, 0.3) is 0 Å². The van der Waals surface area contributed by atoms with Gasteiger partial charge in [-0.25, -0.2) is 9.97 Å². The van der Waals surface area contributed by atoms with Crippen LogP contribution >= 0.6 is 11.6 Å². The molecule has 0 fully saturated rings. The Morgan fingerprint density at radius 2 is 1.48 bits per heavy atom. The molecule has 0 unspecified atom stereocenters. The summed E-state index contributed by atoms with van der Waals surface area (Å²) in [5, 5.41) is 3.59. The van der Waals surface area contributed by atoms with Gasteiger partial charge in [0.15, 0.2) is 5.82 Å². The first-order valence-electron chi connectivity index (χ1n) is 10.2. The minimum Gasteiger partial charge on any atom is -0.309 e. The van der Waals surface area contributed by atoms with E-state index in [0.29, 0.717) is 17.3 Å². The number of aryl methyl sites for hydroxylation is 2. The normalized spacial score (nSPS) is 10.6. The Morgan fingerprint density at radius 1 is 0.806 bits per heavy atom. The van der Waals surface area contributed by atoms with Crippen LogP contribution in [0.15, 0.2) is 91.1 Å². The maximum absolute atomic E-state index is 12.6. The van der Waals surface area contributed by atoms with Crippen LogP contribution in [0.2, 0.25) is 5.02 Å². The van der Waals surface area contributed by atoms with Crippen LogP contribution in [0.5, 0.6) is 0 Å². The van der Waals surface area contributed by atoms with Crippen molar-refractivity contribution in [1.82, 2.24) is 9.97 Å². The van der Waals surface area contributed by atoms with Crippen molar-refractivity contribution >= 4 is 23.3 Å². The van der Waals surface area contributed by atoms with Crippen molar-refractivity contribution in [3.8, 4) is 11.3 Å². The molecular formula is C26H22ClN3O. The SMILES string of the molecule is O=C(Cc1ccc(Cl)cc1)Nc1ncc(-c2ccccc2)nc1CCc1ccccc1. The van der Waals surface area contributed by atoms with Gasteiger partial charge >= 0.3 is 0 Å². The van der Waals surface area contributed by atoms with Crippen LogP contribution in [0.3, 0.4) is 0 Å². The molecule has 0 saturated carbocycles. The predicted molar refractivity (Wildman–Crippen MR) is 125 cm³/mol. The van der Waals surface area contributed by atoms with E-state index in [1.165, 1.54) is 5.56 Å². The average Bonchev–Trinajstić information content (AvgIpc) is 2.81. The fourth-order valence-electron chi connectivity index (χ4n) is 3.33. The van der Waals surface area contributed by atoms with E-state index in [1.54, 1.807) is 18.3 Å². The van der Waals surface area contributed by atoms with Gasteiger partial charge in [-0.2, -0.15) is 0 Å². The number of hydrogen-bond donors (Lipinski definition) is 1. The zero-order valence-electron chi connectivity index (χ0n) is 17.0. The zero-order chi connectivity index (χ0) is 21.5. The molecule has 154 valence electrons. The maximum Gasteiger partial charge on any atom is 0.229 e. The summed E-state index contributed by atoms with van der Waals surface area (Å²) in [4.78, 5) is 22.0. The summed E-state index contributed by atoms with van der Waals surface area (Å²) in [7, 11) is 0. The van der Waals surface area contributed by atoms with Crippen LogP contribution in [-0.4, -0.2) is 15.9 Å². The first kappa shape index (κ1) is 20.8. The second kappa shape index (κ2) is 10.0. The van der Waals surface area contributed by atoms with E-state index in [1.807, 2.05) is 60.7 Å². The van der Waals surface area contributed by atoms with Crippen LogP contribution in [0.4, 0.5) is 5.82 Å². The monoisotopic (exact) mass is 427 g/mol. The summed E-state index contributed by atoms with van der Waals surface area (Å²) in [5.41, 5.74) is 4.67. The minimum absolute atomic E-state index is 0.134. The highest BCUT2D eigenvalue weighted by Crippen LogP contribution is 2.21. The van der Waals surface area contributed by atoms with Crippen LogP contribution < -0.4 is 5.32 Å². The van der Waals surface area contributed by atoms with Crippen molar-refractivity contribution in [3.63, 3.8) is 0 Å². The summed E-state index contributed by atoms with van der Waals surface area (Å²) in [6.45, 7) is 0. The number of carbonyl (C=O) groups excluding carboxylic acids is 1. The Kier molecular flexibility index (Phi) is 6.70. The van der Waals surface area contributed by atoms with Crippen LogP contribution in [0.1, 0.15) is 16.8 Å². The highest BCUT2D eigenvalue weighted by atomic mass is 35.5. The molecule has 1 heterocycles. The minimum atomic E-state index is -0.134. The molecule has 31 heavy (non-hydrogen) atoms. The first-order chi connectivity index (χ1) is 15.2. The van der Waals surface area contributed by atoms with Gasteiger partial charge in [0, 0.05) is 10.6 Å². The number of carbonyl (C=O) groups is 1. The van der Waals surface area contributed by atoms with Crippen LogP contribution in [-0.2, 0) is 24.1 Å². The van der Waals surface area contributed by atoms with Crippen LogP contribution in [0.25, 0.3) is 11.3 Å². The standard InChI is InChI=1S/C26H22ClN3O/c27-22-14-11-20(12-15-22)17-25(31)30-26-23(16-13-19-7-3-1-4-8-19)29-24(18-28-26)21-9-5-2-6-10-21/h1-12,14-15,18H,13,16-17H2,(H,28,30,31). The van der Waals surface area contributed by atoms with Crippen molar-refractivity contribution in [2.45, 2.75) is 19.3 Å². The molecule has 4 nitrogen and oxygen atoms in total. The number of nitrogens with zero attached hydrogens (tertiary/aromatic N) is 2. The Hall–Kier alpha value is -3.50. The molecule has 5 heteroatoms. The number of hydrogen-bond acceptors (Lipinski definition) is 3. The number of benzene rings is 3. The molecule has 3 aromatic carbocycles. The number of amides is 1. The maximum atomic E-state index is 12.6. The molecule has 0 radical (unpaired) electrons. The van der Waals surface area contributed by atoms with E-state index in [2.05, 4.69) is 22.4 Å². The van der Waals surface area contributed by atoms with Gasteiger partial charge in [0.2, 0.25) is 5.91 Å². The topological polar surface area (TPSA) is 54.9 Å². The Labute approximate surface area is 187 Å². The molecule has 0 bridgehead atoms. The number of halogens is 1. The smallest absolute Gasteiger partial charge is 0.229 e. The number of nitrogens with one attached hydrogen (secondary N) is 1. The predicted octanol–water partition coefficient (Wildman–Crippen LogP) is 5.76. The molecule has 4 aromatic rings. The highest BCUT2D eigenvalue weighted by molar-refractivity contribution is 6.30. The van der Waals surface area contributed by atoms with Crippen molar-refractivity contribution in [2.24, 2.45) is 0 Å². The van der Waals surface area contributed by atoms with E-state index in [4.69, 9.17) is 16.6 Å². The fraction of sp³-hybridized carbons (Fsp3) is 0.115. The lowest BCUT2D eigenvalue weighted by molar-refractivity contribution is -0.115. The van der Waals surface area contributed by atoms with Crippen LogP contribution in [0, 0.1) is 0 Å².